The standard InChI is InChI=1S/C21H24N4O4S3/c1-3-4-8-22-18-15(19(26)24-11-13(2)5-6-17(24)23-18)10-16-20(27)25(21(30)31-16)14-7-9-32(28,29)12-14/h5-6,10-11,14,22H,3-4,7-9,12H2,1-2H3. The van der Waals surface area contributed by atoms with E-state index in [9.17, 15) is 18.0 Å². The van der Waals surface area contributed by atoms with Gasteiger partial charge in [0.05, 0.1) is 28.0 Å². The summed E-state index contributed by atoms with van der Waals surface area (Å²) in [7, 11) is -3.17. The number of aromatic nitrogens is 2. The van der Waals surface area contributed by atoms with Crippen LogP contribution in [0.2, 0.25) is 0 Å². The molecule has 170 valence electrons. The number of pyridine rings is 1. The summed E-state index contributed by atoms with van der Waals surface area (Å²) >= 11 is 6.47. The van der Waals surface area contributed by atoms with Crippen molar-refractivity contribution >= 4 is 61.6 Å². The van der Waals surface area contributed by atoms with E-state index in [-0.39, 0.29) is 28.5 Å². The fourth-order valence-corrected chi connectivity index (χ4v) is 6.89. The number of anilines is 1. The smallest absolute Gasteiger partial charge is 0.267 e. The Labute approximate surface area is 196 Å². The zero-order valence-corrected chi connectivity index (χ0v) is 20.3. The Bertz CT molecular complexity index is 1300. The summed E-state index contributed by atoms with van der Waals surface area (Å²) in [6.45, 7) is 4.61. The Morgan fingerprint density at radius 3 is 2.81 bits per heavy atom. The van der Waals surface area contributed by atoms with Gasteiger partial charge in [0.25, 0.3) is 11.5 Å². The number of amides is 1. The number of rotatable bonds is 6. The minimum Gasteiger partial charge on any atom is -0.369 e. The molecule has 0 saturated carbocycles. The summed E-state index contributed by atoms with van der Waals surface area (Å²) in [4.78, 5) is 32.7. The summed E-state index contributed by atoms with van der Waals surface area (Å²) in [5, 5.41) is 3.22. The number of sulfone groups is 1. The van der Waals surface area contributed by atoms with Crippen LogP contribution in [0.5, 0.6) is 0 Å². The Morgan fingerprint density at radius 1 is 1.34 bits per heavy atom. The molecule has 8 nitrogen and oxygen atoms in total. The molecule has 1 N–H and O–H groups in total. The first-order chi connectivity index (χ1) is 15.2. The van der Waals surface area contributed by atoms with E-state index in [1.165, 1.54) is 15.4 Å². The highest BCUT2D eigenvalue weighted by Gasteiger charge is 2.42. The van der Waals surface area contributed by atoms with Gasteiger partial charge in [0.2, 0.25) is 0 Å². The highest BCUT2D eigenvalue weighted by atomic mass is 32.2. The van der Waals surface area contributed by atoms with E-state index in [2.05, 4.69) is 17.2 Å². The van der Waals surface area contributed by atoms with Gasteiger partial charge in [0, 0.05) is 12.7 Å². The van der Waals surface area contributed by atoms with Crippen LogP contribution in [0.4, 0.5) is 5.82 Å². The third-order valence-electron chi connectivity index (χ3n) is 5.50. The number of fused-ring (bicyclic) bond motifs is 1. The summed E-state index contributed by atoms with van der Waals surface area (Å²) in [5.74, 6) is 0.0151. The van der Waals surface area contributed by atoms with Crippen molar-refractivity contribution in [2.45, 2.75) is 39.2 Å². The molecule has 1 unspecified atom stereocenters. The summed E-state index contributed by atoms with van der Waals surface area (Å²) < 4.78 is 25.6. The lowest BCUT2D eigenvalue weighted by molar-refractivity contribution is -0.123. The minimum absolute atomic E-state index is 0.0502. The summed E-state index contributed by atoms with van der Waals surface area (Å²) in [5.41, 5.74) is 1.42. The first-order valence-corrected chi connectivity index (χ1v) is 13.5. The molecule has 0 aromatic carbocycles. The number of unbranched alkanes of at least 4 members (excludes halogenated alkanes) is 1. The second-order valence-electron chi connectivity index (χ2n) is 8.00. The first-order valence-electron chi connectivity index (χ1n) is 10.4. The lowest BCUT2D eigenvalue weighted by atomic mass is 10.2. The number of hydrogen-bond donors (Lipinski definition) is 1. The molecule has 0 bridgehead atoms. The largest absolute Gasteiger partial charge is 0.369 e. The zero-order chi connectivity index (χ0) is 23.0. The molecule has 0 spiro atoms. The number of aryl methyl sites for hydroxylation is 1. The van der Waals surface area contributed by atoms with E-state index in [0.29, 0.717) is 33.7 Å². The Kier molecular flexibility index (Phi) is 6.42. The third kappa shape index (κ3) is 4.46. The fourth-order valence-electron chi connectivity index (χ4n) is 3.81. The monoisotopic (exact) mass is 492 g/mol. The first kappa shape index (κ1) is 22.9. The van der Waals surface area contributed by atoms with E-state index >= 15 is 0 Å². The van der Waals surface area contributed by atoms with Gasteiger partial charge in [0.1, 0.15) is 15.8 Å². The van der Waals surface area contributed by atoms with Crippen molar-refractivity contribution < 1.29 is 13.2 Å². The van der Waals surface area contributed by atoms with Gasteiger partial charge in [0.15, 0.2) is 9.84 Å². The second kappa shape index (κ2) is 8.95. The molecule has 2 aliphatic heterocycles. The number of thioether (sulfide) groups is 1. The number of nitrogens with zero attached hydrogens (tertiary/aromatic N) is 3. The Hall–Kier alpha value is -2.24. The molecule has 4 rings (SSSR count). The van der Waals surface area contributed by atoms with Crippen molar-refractivity contribution in [3.05, 3.63) is 44.7 Å². The van der Waals surface area contributed by atoms with Crippen LogP contribution in [0.15, 0.2) is 28.0 Å². The van der Waals surface area contributed by atoms with Gasteiger partial charge >= 0.3 is 0 Å². The van der Waals surface area contributed by atoms with Gasteiger partial charge in [-0.05, 0) is 37.5 Å². The number of nitrogens with one attached hydrogen (secondary N) is 1. The fraction of sp³-hybridized carbons (Fsp3) is 0.429. The highest BCUT2D eigenvalue weighted by molar-refractivity contribution is 8.26. The predicted octanol–water partition coefficient (Wildman–Crippen LogP) is 2.60. The van der Waals surface area contributed by atoms with E-state index in [4.69, 9.17) is 12.2 Å². The number of thiocarbonyl (C=S) groups is 1. The normalized spacial score (nSPS) is 21.8. The van der Waals surface area contributed by atoms with Gasteiger partial charge in [-0.15, -0.1) is 0 Å². The van der Waals surface area contributed by atoms with Crippen molar-refractivity contribution in [3.8, 4) is 0 Å². The molecule has 0 aliphatic carbocycles. The average molecular weight is 493 g/mol. The molecular formula is C21H24N4O4S3. The van der Waals surface area contributed by atoms with Gasteiger partial charge in [-0.1, -0.05) is 43.4 Å². The Morgan fingerprint density at radius 2 is 2.12 bits per heavy atom. The lowest BCUT2D eigenvalue weighted by Gasteiger charge is -2.20. The number of hydrogen-bond acceptors (Lipinski definition) is 8. The minimum atomic E-state index is -3.17. The zero-order valence-electron chi connectivity index (χ0n) is 17.8. The third-order valence-corrected chi connectivity index (χ3v) is 8.58. The van der Waals surface area contributed by atoms with E-state index < -0.39 is 15.9 Å². The molecule has 0 radical (unpaired) electrons. The summed E-state index contributed by atoms with van der Waals surface area (Å²) in [6.07, 6.45) is 5.50. The molecule has 32 heavy (non-hydrogen) atoms. The second-order valence-corrected chi connectivity index (χ2v) is 11.9. The predicted molar refractivity (Wildman–Crippen MR) is 132 cm³/mol. The van der Waals surface area contributed by atoms with Crippen molar-refractivity contribution in [1.82, 2.24) is 14.3 Å². The van der Waals surface area contributed by atoms with Crippen molar-refractivity contribution in [1.29, 1.82) is 0 Å². The topological polar surface area (TPSA) is 101 Å². The van der Waals surface area contributed by atoms with Gasteiger partial charge in [-0.3, -0.25) is 18.9 Å². The van der Waals surface area contributed by atoms with Crippen LogP contribution in [0.1, 0.15) is 37.3 Å². The lowest BCUT2D eigenvalue weighted by Crippen LogP contribution is -2.39. The molecule has 2 aromatic heterocycles. The molecule has 2 aromatic rings. The van der Waals surface area contributed by atoms with Crippen LogP contribution in [0.3, 0.4) is 0 Å². The summed E-state index contributed by atoms with van der Waals surface area (Å²) in [6, 6.07) is 3.21. The maximum atomic E-state index is 13.3. The van der Waals surface area contributed by atoms with Crippen LogP contribution < -0.4 is 10.9 Å². The van der Waals surface area contributed by atoms with E-state index in [0.717, 1.165) is 30.2 Å². The Balaban J connectivity index is 1.75. The van der Waals surface area contributed by atoms with Crippen LogP contribution in [-0.2, 0) is 14.6 Å². The maximum absolute atomic E-state index is 13.3. The van der Waals surface area contributed by atoms with Gasteiger partial charge in [-0.25, -0.2) is 13.4 Å². The molecule has 2 fully saturated rings. The maximum Gasteiger partial charge on any atom is 0.267 e. The van der Waals surface area contributed by atoms with E-state index in [1.807, 2.05) is 13.0 Å². The number of carbonyl (C=O) groups is 1. The molecule has 11 heteroatoms. The molecule has 2 saturated heterocycles. The molecule has 1 amide bonds. The molecule has 1 atom stereocenters. The molecule has 2 aliphatic rings. The van der Waals surface area contributed by atoms with Crippen LogP contribution in [-0.4, -0.2) is 57.0 Å². The van der Waals surface area contributed by atoms with Crippen LogP contribution >= 0.6 is 24.0 Å². The quantitative estimate of drug-likeness (QED) is 0.373. The van der Waals surface area contributed by atoms with Crippen molar-refractivity contribution in [2.75, 3.05) is 23.4 Å². The SMILES string of the molecule is CCCCNc1nc2ccc(C)cn2c(=O)c1C=C1SC(=S)N(C2CCS(=O)(=O)C2)C1=O. The molecular weight excluding hydrogens is 468 g/mol. The van der Waals surface area contributed by atoms with E-state index in [1.54, 1.807) is 12.3 Å². The average Bonchev–Trinajstić information content (AvgIpc) is 3.23. The van der Waals surface area contributed by atoms with Crippen LogP contribution in [0.25, 0.3) is 11.7 Å². The van der Waals surface area contributed by atoms with Crippen LogP contribution in [0, 0.1) is 6.92 Å². The molecule has 4 heterocycles. The van der Waals surface area contributed by atoms with Crippen molar-refractivity contribution in [2.24, 2.45) is 0 Å². The van der Waals surface area contributed by atoms with Gasteiger partial charge < -0.3 is 5.32 Å². The van der Waals surface area contributed by atoms with Crippen molar-refractivity contribution in [3.63, 3.8) is 0 Å². The van der Waals surface area contributed by atoms with Gasteiger partial charge in [-0.2, -0.15) is 0 Å². The number of carbonyl (C=O) groups excluding carboxylic acids is 1. The highest BCUT2D eigenvalue weighted by Crippen LogP contribution is 2.36.